The Balaban J connectivity index is 1.98. The van der Waals surface area contributed by atoms with Crippen molar-refractivity contribution in [1.82, 2.24) is 4.98 Å². The van der Waals surface area contributed by atoms with Gasteiger partial charge in [0.05, 0.1) is 19.3 Å². The number of hydrogen-bond acceptors (Lipinski definition) is 4. The lowest BCUT2D eigenvalue weighted by Crippen LogP contribution is -2.44. The van der Waals surface area contributed by atoms with Crippen LogP contribution in [0.3, 0.4) is 0 Å². The number of aliphatic hydroxyl groups is 1. The normalized spacial score (nSPS) is 20.3. The number of nitrogens with zero attached hydrogens (tertiary/aromatic N) is 2. The van der Waals surface area contributed by atoms with Crippen molar-refractivity contribution >= 4 is 16.6 Å². The minimum absolute atomic E-state index is 0.0568. The fourth-order valence-electron chi connectivity index (χ4n) is 2.38. The van der Waals surface area contributed by atoms with Gasteiger partial charge in [-0.25, -0.2) is 4.98 Å². The van der Waals surface area contributed by atoms with Gasteiger partial charge in [-0.15, -0.1) is 0 Å². The first kappa shape index (κ1) is 11.4. The van der Waals surface area contributed by atoms with E-state index in [0.29, 0.717) is 13.2 Å². The molecule has 1 unspecified atom stereocenters. The molecule has 94 valence electrons. The number of anilines is 1. The molecule has 1 aliphatic heterocycles. The monoisotopic (exact) mass is 244 g/mol. The van der Waals surface area contributed by atoms with Gasteiger partial charge in [0, 0.05) is 24.7 Å². The lowest BCUT2D eigenvalue weighted by atomic mass is 10.1. The molecule has 0 aliphatic carbocycles. The van der Waals surface area contributed by atoms with Crippen LogP contribution in [0.15, 0.2) is 36.5 Å². The van der Waals surface area contributed by atoms with E-state index in [0.717, 1.165) is 17.7 Å². The van der Waals surface area contributed by atoms with Gasteiger partial charge in [-0.1, -0.05) is 24.3 Å². The summed E-state index contributed by atoms with van der Waals surface area (Å²) in [4.78, 5) is 6.68. The lowest BCUT2D eigenvalue weighted by Gasteiger charge is -2.33. The quantitative estimate of drug-likeness (QED) is 0.868. The van der Waals surface area contributed by atoms with E-state index in [-0.39, 0.29) is 12.7 Å². The standard InChI is InChI=1S/C14H16N2O2/c17-10-12-9-16(7-8-18-12)14-13-4-2-1-3-11(13)5-6-15-14/h1-6,12,17H,7-10H2. The van der Waals surface area contributed by atoms with E-state index in [1.54, 1.807) is 0 Å². The highest BCUT2D eigenvalue weighted by atomic mass is 16.5. The van der Waals surface area contributed by atoms with Crippen LogP contribution in [0.25, 0.3) is 10.8 Å². The van der Waals surface area contributed by atoms with Crippen LogP contribution in [-0.2, 0) is 4.74 Å². The van der Waals surface area contributed by atoms with Crippen molar-refractivity contribution in [2.75, 3.05) is 31.2 Å². The third kappa shape index (κ3) is 2.05. The van der Waals surface area contributed by atoms with Crippen LogP contribution in [0.4, 0.5) is 5.82 Å². The molecule has 18 heavy (non-hydrogen) atoms. The van der Waals surface area contributed by atoms with Crippen LogP contribution >= 0.6 is 0 Å². The molecule has 1 aliphatic rings. The smallest absolute Gasteiger partial charge is 0.136 e. The van der Waals surface area contributed by atoms with Crippen LogP contribution < -0.4 is 4.90 Å². The maximum absolute atomic E-state index is 9.20. The number of morpholine rings is 1. The Morgan fingerprint density at radius 1 is 1.33 bits per heavy atom. The molecule has 0 amide bonds. The summed E-state index contributed by atoms with van der Waals surface area (Å²) in [6, 6.07) is 10.2. The second kappa shape index (κ2) is 4.92. The van der Waals surface area contributed by atoms with Crippen molar-refractivity contribution < 1.29 is 9.84 Å². The first-order valence-corrected chi connectivity index (χ1v) is 6.19. The summed E-state index contributed by atoms with van der Waals surface area (Å²) in [6.07, 6.45) is 1.72. The van der Waals surface area contributed by atoms with Crippen molar-refractivity contribution in [2.24, 2.45) is 0 Å². The molecular weight excluding hydrogens is 228 g/mol. The predicted octanol–water partition coefficient (Wildman–Crippen LogP) is 1.43. The predicted molar refractivity (Wildman–Crippen MR) is 70.8 cm³/mol. The second-order valence-electron chi connectivity index (χ2n) is 4.48. The SMILES string of the molecule is OCC1CN(c2nccc3ccccc23)CCO1. The van der Waals surface area contributed by atoms with E-state index in [4.69, 9.17) is 4.74 Å². The van der Waals surface area contributed by atoms with Crippen molar-refractivity contribution in [3.8, 4) is 0 Å². The number of ether oxygens (including phenoxy) is 1. The minimum Gasteiger partial charge on any atom is -0.394 e. The largest absolute Gasteiger partial charge is 0.394 e. The average molecular weight is 244 g/mol. The highest BCUT2D eigenvalue weighted by Gasteiger charge is 2.21. The van der Waals surface area contributed by atoms with E-state index in [2.05, 4.69) is 22.0 Å². The molecule has 0 spiro atoms. The van der Waals surface area contributed by atoms with Crippen molar-refractivity contribution in [3.05, 3.63) is 36.5 Å². The van der Waals surface area contributed by atoms with Gasteiger partial charge < -0.3 is 14.7 Å². The summed E-state index contributed by atoms with van der Waals surface area (Å²) in [5, 5.41) is 11.5. The molecule has 1 aromatic carbocycles. The number of pyridine rings is 1. The molecule has 4 heteroatoms. The highest BCUT2D eigenvalue weighted by Crippen LogP contribution is 2.25. The Morgan fingerprint density at radius 2 is 2.22 bits per heavy atom. The van der Waals surface area contributed by atoms with Gasteiger partial charge in [0.25, 0.3) is 0 Å². The maximum atomic E-state index is 9.20. The Hall–Kier alpha value is -1.65. The molecule has 1 fully saturated rings. The molecule has 2 aromatic rings. The molecule has 0 saturated carbocycles. The number of fused-ring (bicyclic) bond motifs is 1. The zero-order chi connectivity index (χ0) is 12.4. The average Bonchev–Trinajstić information content (AvgIpc) is 2.47. The van der Waals surface area contributed by atoms with E-state index in [1.807, 2.05) is 24.4 Å². The van der Waals surface area contributed by atoms with Gasteiger partial charge >= 0.3 is 0 Å². The topological polar surface area (TPSA) is 45.6 Å². The van der Waals surface area contributed by atoms with E-state index in [9.17, 15) is 5.11 Å². The molecule has 0 radical (unpaired) electrons. The minimum atomic E-state index is -0.112. The summed E-state index contributed by atoms with van der Waals surface area (Å²) < 4.78 is 5.47. The number of benzene rings is 1. The van der Waals surface area contributed by atoms with E-state index >= 15 is 0 Å². The molecule has 4 nitrogen and oxygen atoms in total. The molecular formula is C14H16N2O2. The van der Waals surface area contributed by atoms with Crippen LogP contribution in [-0.4, -0.2) is 42.5 Å². The summed E-state index contributed by atoms with van der Waals surface area (Å²) in [6.45, 7) is 2.20. The fourth-order valence-corrected chi connectivity index (χ4v) is 2.38. The van der Waals surface area contributed by atoms with Gasteiger partial charge in [0.2, 0.25) is 0 Å². The molecule has 1 aromatic heterocycles. The molecule has 2 heterocycles. The zero-order valence-corrected chi connectivity index (χ0v) is 10.1. The van der Waals surface area contributed by atoms with Crippen LogP contribution in [0.2, 0.25) is 0 Å². The van der Waals surface area contributed by atoms with E-state index in [1.165, 1.54) is 5.39 Å². The first-order valence-electron chi connectivity index (χ1n) is 6.19. The zero-order valence-electron chi connectivity index (χ0n) is 10.1. The summed E-state index contributed by atoms with van der Waals surface area (Å²) >= 11 is 0. The van der Waals surface area contributed by atoms with Crippen molar-refractivity contribution in [3.63, 3.8) is 0 Å². The lowest BCUT2D eigenvalue weighted by molar-refractivity contribution is 0.00344. The molecule has 1 atom stereocenters. The number of aliphatic hydroxyl groups excluding tert-OH is 1. The summed E-state index contributed by atoms with van der Waals surface area (Å²) in [5.41, 5.74) is 0. The van der Waals surface area contributed by atoms with Gasteiger partial charge in [-0.05, 0) is 11.5 Å². The number of aromatic nitrogens is 1. The van der Waals surface area contributed by atoms with Crippen molar-refractivity contribution in [2.45, 2.75) is 6.10 Å². The third-order valence-corrected chi connectivity index (χ3v) is 3.29. The second-order valence-corrected chi connectivity index (χ2v) is 4.48. The van der Waals surface area contributed by atoms with Crippen molar-refractivity contribution in [1.29, 1.82) is 0 Å². The Morgan fingerprint density at radius 3 is 3.11 bits per heavy atom. The van der Waals surface area contributed by atoms with E-state index < -0.39 is 0 Å². The fraction of sp³-hybridized carbons (Fsp3) is 0.357. The number of rotatable bonds is 2. The van der Waals surface area contributed by atoms with Crippen LogP contribution in [0.5, 0.6) is 0 Å². The summed E-state index contributed by atoms with van der Waals surface area (Å²) in [7, 11) is 0. The Labute approximate surface area is 106 Å². The van der Waals surface area contributed by atoms with Gasteiger partial charge in [-0.3, -0.25) is 0 Å². The molecule has 1 N–H and O–H groups in total. The Bertz CT molecular complexity index is 539. The van der Waals surface area contributed by atoms with Crippen LogP contribution in [0.1, 0.15) is 0 Å². The first-order chi connectivity index (χ1) is 8.88. The highest BCUT2D eigenvalue weighted by molar-refractivity contribution is 5.92. The number of hydrogen-bond donors (Lipinski definition) is 1. The molecule has 3 rings (SSSR count). The van der Waals surface area contributed by atoms with Gasteiger partial charge in [-0.2, -0.15) is 0 Å². The molecule has 0 bridgehead atoms. The third-order valence-electron chi connectivity index (χ3n) is 3.29. The van der Waals surface area contributed by atoms with Crippen LogP contribution in [0, 0.1) is 0 Å². The Kier molecular flexibility index (Phi) is 3.13. The van der Waals surface area contributed by atoms with Gasteiger partial charge in [0.15, 0.2) is 0 Å². The maximum Gasteiger partial charge on any atom is 0.136 e. The van der Waals surface area contributed by atoms with Gasteiger partial charge in [0.1, 0.15) is 5.82 Å². The molecule has 1 saturated heterocycles. The summed E-state index contributed by atoms with van der Waals surface area (Å²) in [5.74, 6) is 0.981.